The van der Waals surface area contributed by atoms with Crippen LogP contribution in [0.1, 0.15) is 0 Å². The van der Waals surface area contributed by atoms with Crippen molar-refractivity contribution in [3.63, 3.8) is 0 Å². The summed E-state index contributed by atoms with van der Waals surface area (Å²) in [7, 11) is 0. The van der Waals surface area contributed by atoms with Crippen molar-refractivity contribution in [3.8, 4) is 17.2 Å². The van der Waals surface area contributed by atoms with Gasteiger partial charge in [-0.25, -0.2) is 0 Å². The molecule has 0 spiro atoms. The average Bonchev–Trinajstić information content (AvgIpc) is 2.54. The van der Waals surface area contributed by atoms with Crippen LogP contribution >= 0.6 is 0 Å². The van der Waals surface area contributed by atoms with Crippen LogP contribution in [0.5, 0.6) is 0 Å². The number of nitrogens with one attached hydrogen (secondary N) is 2. The zero-order chi connectivity index (χ0) is 15.1. The Morgan fingerprint density at radius 3 is 2.14 bits per heavy atom. The Hall–Kier alpha value is -3.13. The quantitative estimate of drug-likeness (QED) is 0.665. The first kappa shape index (κ1) is 14.3. The van der Waals surface area contributed by atoms with E-state index in [0.717, 1.165) is 11.1 Å². The molecule has 0 bridgehead atoms. The van der Waals surface area contributed by atoms with Gasteiger partial charge in [0.05, 0.1) is 6.07 Å². The van der Waals surface area contributed by atoms with E-state index in [0.29, 0.717) is 5.69 Å². The summed E-state index contributed by atoms with van der Waals surface area (Å²) in [6, 6.07) is 18.7. The first-order valence-corrected chi connectivity index (χ1v) is 6.32. The second-order valence-electron chi connectivity index (χ2n) is 4.24. The molecule has 21 heavy (non-hydrogen) atoms. The molecule has 0 heterocycles. The highest BCUT2D eigenvalue weighted by atomic mass is 16.2. The molecule has 0 radical (unpaired) electrons. The first-order valence-electron chi connectivity index (χ1n) is 6.32. The van der Waals surface area contributed by atoms with Gasteiger partial charge in [0.25, 0.3) is 0 Å². The molecule has 2 aromatic rings. The molecule has 5 heteroatoms. The number of benzene rings is 2. The molecule has 2 amide bonds. The van der Waals surface area contributed by atoms with Gasteiger partial charge in [0, 0.05) is 5.69 Å². The van der Waals surface area contributed by atoms with Crippen molar-refractivity contribution in [2.75, 3.05) is 11.9 Å². The van der Waals surface area contributed by atoms with Crippen LogP contribution in [-0.2, 0) is 9.59 Å². The number of hydrogen-bond acceptors (Lipinski definition) is 3. The maximum Gasteiger partial charge on any atom is 0.313 e. The van der Waals surface area contributed by atoms with Gasteiger partial charge in [0.1, 0.15) is 6.54 Å². The molecule has 2 aromatic carbocycles. The Morgan fingerprint density at radius 1 is 0.905 bits per heavy atom. The van der Waals surface area contributed by atoms with Crippen molar-refractivity contribution in [1.29, 1.82) is 5.26 Å². The molecular formula is C16H13N3O2. The molecule has 0 aliphatic heterocycles. The van der Waals surface area contributed by atoms with Crippen LogP contribution in [0.15, 0.2) is 54.6 Å². The molecule has 0 aliphatic carbocycles. The predicted molar refractivity (Wildman–Crippen MR) is 79.1 cm³/mol. The summed E-state index contributed by atoms with van der Waals surface area (Å²) in [5.74, 6) is -1.62. The number of anilines is 1. The minimum Gasteiger partial charge on any atom is -0.335 e. The fourth-order valence-electron chi connectivity index (χ4n) is 1.76. The molecule has 104 valence electrons. The Kier molecular flexibility index (Phi) is 4.67. The molecule has 0 aliphatic rings. The van der Waals surface area contributed by atoms with E-state index in [2.05, 4.69) is 10.6 Å². The summed E-state index contributed by atoms with van der Waals surface area (Å²) >= 11 is 0. The maximum absolute atomic E-state index is 11.5. The minimum atomic E-state index is -0.830. The van der Waals surface area contributed by atoms with Crippen molar-refractivity contribution in [3.05, 3.63) is 54.6 Å². The van der Waals surface area contributed by atoms with Crippen molar-refractivity contribution in [2.45, 2.75) is 0 Å². The molecule has 2 rings (SSSR count). The van der Waals surface area contributed by atoms with Gasteiger partial charge >= 0.3 is 11.8 Å². The number of hydrogen-bond donors (Lipinski definition) is 2. The molecule has 0 aromatic heterocycles. The standard InChI is InChI=1S/C16H13N3O2/c17-10-11-18-15(20)16(21)19-14-8-6-13(7-9-14)12-4-2-1-3-5-12/h1-9H,11H2,(H,18,20)(H,19,21). The number of amides is 2. The zero-order valence-electron chi connectivity index (χ0n) is 11.2. The Bertz CT molecular complexity index is 673. The normalized spacial score (nSPS) is 9.48. The highest BCUT2D eigenvalue weighted by Crippen LogP contribution is 2.20. The monoisotopic (exact) mass is 279 g/mol. The smallest absolute Gasteiger partial charge is 0.313 e. The molecule has 0 unspecified atom stereocenters. The van der Waals surface area contributed by atoms with E-state index in [1.807, 2.05) is 42.5 Å². The lowest BCUT2D eigenvalue weighted by molar-refractivity contribution is -0.136. The number of nitrogens with zero attached hydrogens (tertiary/aromatic N) is 1. The summed E-state index contributed by atoms with van der Waals surface area (Å²) in [6.45, 7) is -0.195. The summed E-state index contributed by atoms with van der Waals surface area (Å²) < 4.78 is 0. The van der Waals surface area contributed by atoms with Gasteiger partial charge in [-0.3, -0.25) is 9.59 Å². The van der Waals surface area contributed by atoms with Crippen LogP contribution in [-0.4, -0.2) is 18.4 Å². The summed E-state index contributed by atoms with van der Waals surface area (Å²) in [6.07, 6.45) is 0. The SMILES string of the molecule is N#CCNC(=O)C(=O)Nc1ccc(-c2ccccc2)cc1. The second-order valence-corrected chi connectivity index (χ2v) is 4.24. The highest BCUT2D eigenvalue weighted by molar-refractivity contribution is 6.39. The van der Waals surface area contributed by atoms with Crippen molar-refractivity contribution < 1.29 is 9.59 Å². The van der Waals surface area contributed by atoms with Gasteiger partial charge in [0.15, 0.2) is 0 Å². The Labute approximate surface area is 122 Å². The zero-order valence-corrected chi connectivity index (χ0v) is 11.2. The maximum atomic E-state index is 11.5. The van der Waals surface area contributed by atoms with E-state index in [4.69, 9.17) is 5.26 Å². The van der Waals surface area contributed by atoms with E-state index in [-0.39, 0.29) is 6.54 Å². The van der Waals surface area contributed by atoms with Gasteiger partial charge < -0.3 is 10.6 Å². The predicted octanol–water partition coefficient (Wildman–Crippen LogP) is 1.93. The molecule has 5 nitrogen and oxygen atoms in total. The molecule has 0 saturated heterocycles. The van der Waals surface area contributed by atoms with Crippen LogP contribution in [0, 0.1) is 11.3 Å². The van der Waals surface area contributed by atoms with Gasteiger partial charge in [-0.1, -0.05) is 42.5 Å². The van der Waals surface area contributed by atoms with E-state index in [1.54, 1.807) is 18.2 Å². The Morgan fingerprint density at radius 2 is 1.52 bits per heavy atom. The third-order valence-corrected chi connectivity index (χ3v) is 2.78. The molecule has 0 atom stereocenters. The molecular weight excluding hydrogens is 266 g/mol. The lowest BCUT2D eigenvalue weighted by Gasteiger charge is -2.06. The topological polar surface area (TPSA) is 82.0 Å². The van der Waals surface area contributed by atoms with E-state index < -0.39 is 11.8 Å². The minimum absolute atomic E-state index is 0.195. The van der Waals surface area contributed by atoms with E-state index in [1.165, 1.54) is 0 Å². The van der Waals surface area contributed by atoms with Crippen LogP contribution in [0.2, 0.25) is 0 Å². The van der Waals surface area contributed by atoms with Gasteiger partial charge in [-0.15, -0.1) is 0 Å². The van der Waals surface area contributed by atoms with Crippen molar-refractivity contribution >= 4 is 17.5 Å². The highest BCUT2D eigenvalue weighted by Gasteiger charge is 2.12. The lowest BCUT2D eigenvalue weighted by Crippen LogP contribution is -2.35. The number of carbonyl (C=O) groups is 2. The van der Waals surface area contributed by atoms with Crippen LogP contribution in [0.4, 0.5) is 5.69 Å². The van der Waals surface area contributed by atoms with E-state index in [9.17, 15) is 9.59 Å². The summed E-state index contributed by atoms with van der Waals surface area (Å²) in [5, 5.41) is 13.0. The fourth-order valence-corrected chi connectivity index (χ4v) is 1.76. The van der Waals surface area contributed by atoms with Crippen LogP contribution in [0.3, 0.4) is 0 Å². The molecule has 0 fully saturated rings. The average molecular weight is 279 g/mol. The number of carbonyl (C=O) groups excluding carboxylic acids is 2. The Balaban J connectivity index is 2.02. The van der Waals surface area contributed by atoms with Gasteiger partial charge in [0.2, 0.25) is 0 Å². The van der Waals surface area contributed by atoms with Gasteiger partial charge in [-0.05, 0) is 23.3 Å². The molecule has 0 saturated carbocycles. The van der Waals surface area contributed by atoms with Crippen molar-refractivity contribution in [1.82, 2.24) is 5.32 Å². The number of rotatable bonds is 3. The first-order chi connectivity index (χ1) is 10.2. The molecule has 2 N–H and O–H groups in total. The fraction of sp³-hybridized carbons (Fsp3) is 0.0625. The second kappa shape index (κ2) is 6.87. The summed E-state index contributed by atoms with van der Waals surface area (Å²) in [4.78, 5) is 22.9. The van der Waals surface area contributed by atoms with E-state index >= 15 is 0 Å². The number of nitriles is 1. The van der Waals surface area contributed by atoms with Crippen LogP contribution < -0.4 is 10.6 Å². The third kappa shape index (κ3) is 3.91. The van der Waals surface area contributed by atoms with Gasteiger partial charge in [-0.2, -0.15) is 5.26 Å². The van der Waals surface area contributed by atoms with Crippen LogP contribution in [0.25, 0.3) is 11.1 Å². The summed E-state index contributed by atoms with van der Waals surface area (Å²) in [5.41, 5.74) is 2.61. The third-order valence-electron chi connectivity index (χ3n) is 2.78. The largest absolute Gasteiger partial charge is 0.335 e. The lowest BCUT2D eigenvalue weighted by atomic mass is 10.1. The van der Waals surface area contributed by atoms with Crippen molar-refractivity contribution in [2.24, 2.45) is 0 Å².